The number of unbranched alkanes of at least 4 members (excludes halogenated alkanes) is 3. The van der Waals surface area contributed by atoms with Crippen LogP contribution in [0, 0.1) is 0 Å². The third-order valence-electron chi connectivity index (χ3n) is 6.23. The summed E-state index contributed by atoms with van der Waals surface area (Å²) in [6.45, 7) is 3.48. The normalized spacial score (nSPS) is 14.0. The second-order valence-electron chi connectivity index (χ2n) is 11.0. The summed E-state index contributed by atoms with van der Waals surface area (Å²) in [6, 6.07) is -0.728. The van der Waals surface area contributed by atoms with E-state index in [0.29, 0.717) is 6.42 Å². The number of carboxylic acid groups (broad SMARTS) is 1. The summed E-state index contributed by atoms with van der Waals surface area (Å²) in [6.07, 6.45) is 30.1. The molecule has 0 amide bonds. The van der Waals surface area contributed by atoms with Gasteiger partial charge in [0, 0.05) is 19.8 Å². The molecule has 0 saturated carbocycles. The van der Waals surface area contributed by atoms with Gasteiger partial charge in [-0.05, 0) is 51.4 Å². The van der Waals surface area contributed by atoms with Crippen molar-refractivity contribution in [2.24, 2.45) is 0 Å². The van der Waals surface area contributed by atoms with E-state index in [4.69, 9.17) is 14.2 Å². The summed E-state index contributed by atoms with van der Waals surface area (Å²) in [4.78, 5) is 34.9. The van der Waals surface area contributed by atoms with Gasteiger partial charge in [0.05, 0.1) is 40.3 Å². The lowest BCUT2D eigenvalue weighted by molar-refractivity contribution is -0.889. The van der Waals surface area contributed by atoms with Gasteiger partial charge in [-0.3, -0.25) is 9.59 Å². The maximum Gasteiger partial charge on any atom is 0.306 e. The first kappa shape index (κ1) is 39.0. The number of rotatable bonds is 25. The number of carbonyl (C=O) groups is 3. The van der Waals surface area contributed by atoms with Crippen LogP contribution in [0.4, 0.5) is 0 Å². The third-order valence-corrected chi connectivity index (χ3v) is 6.23. The van der Waals surface area contributed by atoms with Crippen LogP contribution < -0.4 is 5.11 Å². The molecule has 8 nitrogen and oxygen atoms in total. The average Bonchev–Trinajstić information content (AvgIpc) is 2.91. The number of likely N-dealkylation sites (N-methyl/N-ethyl adjacent to an activating group) is 1. The number of carbonyl (C=O) groups excluding carboxylic acids is 3. The highest BCUT2D eigenvalue weighted by Gasteiger charge is 2.25. The first-order valence-electron chi connectivity index (χ1n) is 15.2. The Morgan fingerprint density at radius 3 is 1.81 bits per heavy atom. The topological polar surface area (TPSA) is 102 Å². The zero-order valence-corrected chi connectivity index (χ0v) is 26.6. The summed E-state index contributed by atoms with van der Waals surface area (Å²) >= 11 is 0. The molecule has 0 bridgehead atoms. The number of aliphatic carboxylic acids is 1. The first-order chi connectivity index (χ1) is 20.1. The Morgan fingerprint density at radius 1 is 0.762 bits per heavy atom. The lowest BCUT2D eigenvalue weighted by Crippen LogP contribution is -2.55. The molecule has 0 aromatic rings. The van der Waals surface area contributed by atoms with Gasteiger partial charge in [-0.1, -0.05) is 74.1 Å². The van der Waals surface area contributed by atoms with Crippen molar-refractivity contribution in [3.63, 3.8) is 0 Å². The number of carboxylic acids is 1. The number of hydrogen-bond acceptors (Lipinski definition) is 7. The Hall–Kier alpha value is -2.97. The van der Waals surface area contributed by atoms with E-state index in [-0.39, 0.29) is 43.1 Å². The quantitative estimate of drug-likeness (QED) is 0.0609. The smallest absolute Gasteiger partial charge is 0.306 e. The van der Waals surface area contributed by atoms with Crippen molar-refractivity contribution >= 4 is 17.9 Å². The third kappa shape index (κ3) is 24.8. The van der Waals surface area contributed by atoms with Crippen molar-refractivity contribution in [3.8, 4) is 0 Å². The van der Waals surface area contributed by atoms with Crippen LogP contribution in [-0.4, -0.2) is 75.5 Å². The summed E-state index contributed by atoms with van der Waals surface area (Å²) in [5.41, 5.74) is 0. The van der Waals surface area contributed by atoms with E-state index in [1.807, 2.05) is 0 Å². The van der Waals surface area contributed by atoms with E-state index in [1.165, 1.54) is 6.92 Å². The molecular formula is C34H55NO7. The summed E-state index contributed by atoms with van der Waals surface area (Å²) in [7, 11) is 5.32. The number of ether oxygens (including phenoxy) is 3. The Bertz CT molecular complexity index is 881. The molecule has 0 fully saturated rings. The largest absolute Gasteiger partial charge is 0.544 e. The fraction of sp³-hybridized carbons (Fsp3) is 0.618. The molecule has 238 valence electrons. The fourth-order valence-electron chi connectivity index (χ4n) is 3.88. The van der Waals surface area contributed by atoms with E-state index < -0.39 is 24.1 Å². The zero-order valence-electron chi connectivity index (χ0n) is 26.6. The summed E-state index contributed by atoms with van der Waals surface area (Å²) in [5.74, 6) is -1.99. The Kier molecular flexibility index (Phi) is 23.9. The molecule has 0 N–H and O–H groups in total. The van der Waals surface area contributed by atoms with Gasteiger partial charge < -0.3 is 28.6 Å². The molecule has 2 atom stereocenters. The van der Waals surface area contributed by atoms with Crippen LogP contribution in [0.15, 0.2) is 60.8 Å². The molecule has 0 aromatic carbocycles. The highest BCUT2D eigenvalue weighted by atomic mass is 16.6. The van der Waals surface area contributed by atoms with Crippen LogP contribution in [-0.2, 0) is 28.6 Å². The van der Waals surface area contributed by atoms with Gasteiger partial charge in [-0.25, -0.2) is 0 Å². The highest BCUT2D eigenvalue weighted by Crippen LogP contribution is 2.10. The molecule has 8 heteroatoms. The number of allylic oxidation sites excluding steroid dienone is 10. The van der Waals surface area contributed by atoms with Crippen LogP contribution in [0.2, 0.25) is 0 Å². The highest BCUT2D eigenvalue weighted by molar-refractivity contribution is 5.70. The van der Waals surface area contributed by atoms with Gasteiger partial charge >= 0.3 is 11.9 Å². The van der Waals surface area contributed by atoms with Crippen molar-refractivity contribution in [2.45, 2.75) is 96.6 Å². The van der Waals surface area contributed by atoms with E-state index in [0.717, 1.165) is 51.4 Å². The lowest BCUT2D eigenvalue weighted by atomic mass is 10.1. The minimum Gasteiger partial charge on any atom is -0.544 e. The SMILES string of the molecule is CC/C=C\C/C=C\C/C=C\C/C=C\C/C=C\CCCCCC(=O)OC(COCCC(C(=O)[O-])[N+](C)(C)C)COC(C)=O. The number of esters is 2. The maximum atomic E-state index is 12.3. The second kappa shape index (κ2) is 25.7. The van der Waals surface area contributed by atoms with Crippen molar-refractivity contribution in [1.82, 2.24) is 0 Å². The van der Waals surface area contributed by atoms with Gasteiger partial charge in [0.1, 0.15) is 12.6 Å². The minimum absolute atomic E-state index is 0.0139. The molecule has 0 aliphatic carbocycles. The van der Waals surface area contributed by atoms with E-state index in [9.17, 15) is 19.5 Å². The number of nitrogens with zero attached hydrogens (tertiary/aromatic N) is 1. The molecule has 2 unspecified atom stereocenters. The standard InChI is InChI=1S/C34H55NO7/c1-6-7-8-9-10-11-12-13-14-15-16-17-18-19-20-21-22-23-24-25-33(37)42-31(29-41-30(2)36)28-40-27-26-32(34(38)39)35(3,4)5/h7-8,10-11,13-14,16-17,19-20,31-32H,6,9,12,15,18,21-29H2,1-5H3/b8-7-,11-10-,14-13-,17-16-,20-19-. The van der Waals surface area contributed by atoms with Gasteiger partial charge in [0.2, 0.25) is 0 Å². The molecule has 0 heterocycles. The minimum atomic E-state index is -1.14. The van der Waals surface area contributed by atoms with Crippen LogP contribution in [0.3, 0.4) is 0 Å². The lowest BCUT2D eigenvalue weighted by Gasteiger charge is -2.34. The molecule has 42 heavy (non-hydrogen) atoms. The van der Waals surface area contributed by atoms with E-state index >= 15 is 0 Å². The van der Waals surface area contributed by atoms with Crippen LogP contribution in [0.25, 0.3) is 0 Å². The van der Waals surface area contributed by atoms with Crippen molar-refractivity contribution in [2.75, 3.05) is 41.0 Å². The van der Waals surface area contributed by atoms with Gasteiger partial charge in [0.15, 0.2) is 6.10 Å². The molecule has 0 aromatic heterocycles. The van der Waals surface area contributed by atoms with Crippen molar-refractivity contribution in [1.29, 1.82) is 0 Å². The zero-order chi connectivity index (χ0) is 31.5. The van der Waals surface area contributed by atoms with Crippen LogP contribution in [0.1, 0.15) is 84.5 Å². The predicted octanol–water partition coefficient (Wildman–Crippen LogP) is 5.39. The fourth-order valence-corrected chi connectivity index (χ4v) is 3.88. The van der Waals surface area contributed by atoms with Gasteiger partial charge in [-0.15, -0.1) is 0 Å². The first-order valence-corrected chi connectivity index (χ1v) is 15.2. The van der Waals surface area contributed by atoms with E-state index in [2.05, 4.69) is 67.7 Å². The van der Waals surface area contributed by atoms with Crippen LogP contribution >= 0.6 is 0 Å². The molecule has 0 rings (SSSR count). The van der Waals surface area contributed by atoms with Gasteiger partial charge in [0.25, 0.3) is 0 Å². The summed E-state index contributed by atoms with van der Waals surface area (Å²) in [5, 5.41) is 11.4. The van der Waals surface area contributed by atoms with E-state index in [1.54, 1.807) is 21.1 Å². The molecule has 0 aliphatic rings. The Labute approximate surface area is 254 Å². The summed E-state index contributed by atoms with van der Waals surface area (Å²) < 4.78 is 16.2. The number of hydrogen-bond donors (Lipinski definition) is 0. The molecular weight excluding hydrogens is 534 g/mol. The molecule has 0 spiro atoms. The number of quaternary nitrogens is 1. The Morgan fingerprint density at radius 2 is 1.31 bits per heavy atom. The maximum absolute atomic E-state index is 12.3. The van der Waals surface area contributed by atoms with Crippen LogP contribution in [0.5, 0.6) is 0 Å². The molecule has 0 radical (unpaired) electrons. The monoisotopic (exact) mass is 589 g/mol. The molecule has 0 aliphatic heterocycles. The predicted molar refractivity (Wildman–Crippen MR) is 166 cm³/mol. The molecule has 0 saturated heterocycles. The second-order valence-corrected chi connectivity index (χ2v) is 11.0. The average molecular weight is 590 g/mol. The van der Waals surface area contributed by atoms with Crippen molar-refractivity contribution < 1.29 is 38.2 Å². The van der Waals surface area contributed by atoms with Gasteiger partial charge in [-0.2, -0.15) is 0 Å². The Balaban J connectivity index is 4.09. The van der Waals surface area contributed by atoms with Crippen molar-refractivity contribution in [3.05, 3.63) is 60.8 Å².